The van der Waals surface area contributed by atoms with Crippen LogP contribution in [0.15, 0.2) is 47.3 Å². The van der Waals surface area contributed by atoms with Crippen LogP contribution in [0.25, 0.3) is 10.9 Å². The van der Waals surface area contributed by atoms with Gasteiger partial charge in [0.2, 0.25) is 0 Å². The second-order valence-corrected chi connectivity index (χ2v) is 6.21. The maximum atomic E-state index is 13.2. The molecule has 134 valence electrons. The Kier molecular flexibility index (Phi) is 4.50. The predicted molar refractivity (Wildman–Crippen MR) is 102 cm³/mol. The van der Waals surface area contributed by atoms with E-state index in [4.69, 9.17) is 5.73 Å². The molecule has 6 heteroatoms. The van der Waals surface area contributed by atoms with Crippen LogP contribution >= 0.6 is 0 Å². The van der Waals surface area contributed by atoms with E-state index in [0.717, 1.165) is 22.5 Å². The molecule has 0 aliphatic rings. The van der Waals surface area contributed by atoms with Crippen molar-refractivity contribution in [2.24, 2.45) is 0 Å². The van der Waals surface area contributed by atoms with Crippen molar-refractivity contribution < 1.29 is 9.18 Å². The summed E-state index contributed by atoms with van der Waals surface area (Å²) < 4.78 is 14.9. The Morgan fingerprint density at radius 1 is 1.19 bits per heavy atom. The fourth-order valence-electron chi connectivity index (χ4n) is 3.10. The van der Waals surface area contributed by atoms with Crippen LogP contribution in [0.3, 0.4) is 0 Å². The van der Waals surface area contributed by atoms with Gasteiger partial charge >= 0.3 is 0 Å². The number of aromatic nitrogens is 1. The maximum absolute atomic E-state index is 13.2. The normalized spacial score (nSPS) is 10.9. The summed E-state index contributed by atoms with van der Waals surface area (Å²) in [5.74, 6) is -0.816. The van der Waals surface area contributed by atoms with Gasteiger partial charge < -0.3 is 15.2 Å². The summed E-state index contributed by atoms with van der Waals surface area (Å²) in [6.07, 6.45) is 0. The minimum atomic E-state index is -0.486. The molecular formula is C20H20FN3O2. The van der Waals surface area contributed by atoms with Crippen LogP contribution in [-0.4, -0.2) is 17.5 Å². The summed E-state index contributed by atoms with van der Waals surface area (Å²) >= 11 is 0. The number of halogens is 1. The molecule has 2 N–H and O–H groups in total. The number of hydrogen-bond donors (Lipinski definition) is 1. The highest BCUT2D eigenvalue weighted by Crippen LogP contribution is 2.25. The van der Waals surface area contributed by atoms with E-state index in [0.29, 0.717) is 12.2 Å². The van der Waals surface area contributed by atoms with E-state index in [9.17, 15) is 14.0 Å². The lowest BCUT2D eigenvalue weighted by Crippen LogP contribution is -2.27. The van der Waals surface area contributed by atoms with E-state index < -0.39 is 5.82 Å². The van der Waals surface area contributed by atoms with E-state index in [1.165, 1.54) is 17.0 Å². The minimum absolute atomic E-state index is 0.0474. The average Bonchev–Trinajstić information content (AvgIpc) is 2.60. The lowest BCUT2D eigenvalue weighted by Gasteiger charge is -2.20. The smallest absolute Gasteiger partial charge is 0.260 e. The van der Waals surface area contributed by atoms with E-state index in [1.807, 2.05) is 26.0 Å². The zero-order valence-corrected chi connectivity index (χ0v) is 14.9. The number of carbonyl (C=O) groups is 1. The van der Waals surface area contributed by atoms with Gasteiger partial charge in [-0.3, -0.25) is 9.59 Å². The van der Waals surface area contributed by atoms with Crippen LogP contribution in [0.4, 0.5) is 15.8 Å². The van der Waals surface area contributed by atoms with Gasteiger partial charge in [0, 0.05) is 36.4 Å². The molecular weight excluding hydrogens is 333 g/mol. The Balaban J connectivity index is 2.07. The predicted octanol–water partition coefficient (Wildman–Crippen LogP) is 3.33. The van der Waals surface area contributed by atoms with Gasteiger partial charge in [0.05, 0.1) is 11.1 Å². The third-order valence-electron chi connectivity index (χ3n) is 4.55. The Labute approximate surface area is 150 Å². The van der Waals surface area contributed by atoms with Crippen LogP contribution in [0.5, 0.6) is 0 Å². The molecule has 0 bridgehead atoms. The molecule has 0 radical (unpaired) electrons. The molecule has 3 rings (SSSR count). The molecule has 26 heavy (non-hydrogen) atoms. The number of hydrogen-bond acceptors (Lipinski definition) is 3. The van der Waals surface area contributed by atoms with Crippen LogP contribution in [0.2, 0.25) is 0 Å². The van der Waals surface area contributed by atoms with E-state index in [-0.39, 0.29) is 22.7 Å². The van der Waals surface area contributed by atoms with Crippen molar-refractivity contribution in [2.45, 2.75) is 20.4 Å². The highest BCUT2D eigenvalue weighted by Gasteiger charge is 2.17. The van der Waals surface area contributed by atoms with Gasteiger partial charge in [-0.25, -0.2) is 4.39 Å². The first-order valence-corrected chi connectivity index (χ1v) is 8.30. The SMILES string of the molecule is CCn1c(=O)cc(C)c2cc(N(C)C(=O)c3ccc(F)cc3N)ccc21. The molecule has 0 spiro atoms. The van der Waals surface area contributed by atoms with Crippen molar-refractivity contribution in [3.8, 4) is 0 Å². The third-order valence-corrected chi connectivity index (χ3v) is 4.55. The van der Waals surface area contributed by atoms with Crippen molar-refractivity contribution in [1.82, 2.24) is 4.57 Å². The van der Waals surface area contributed by atoms with Crippen LogP contribution in [0.1, 0.15) is 22.8 Å². The first-order valence-electron chi connectivity index (χ1n) is 8.30. The minimum Gasteiger partial charge on any atom is -0.398 e. The molecule has 5 nitrogen and oxygen atoms in total. The molecule has 1 amide bonds. The molecule has 0 saturated heterocycles. The number of anilines is 2. The van der Waals surface area contributed by atoms with Crippen LogP contribution < -0.4 is 16.2 Å². The molecule has 0 aliphatic carbocycles. The van der Waals surface area contributed by atoms with Gasteiger partial charge in [-0.15, -0.1) is 0 Å². The summed E-state index contributed by atoms with van der Waals surface area (Å²) in [5.41, 5.74) is 8.40. The summed E-state index contributed by atoms with van der Waals surface area (Å²) in [6, 6.07) is 10.8. The Hall–Kier alpha value is -3.15. The first-order chi connectivity index (χ1) is 12.3. The Morgan fingerprint density at radius 3 is 2.58 bits per heavy atom. The zero-order valence-electron chi connectivity index (χ0n) is 14.9. The molecule has 1 heterocycles. The number of aryl methyl sites for hydroxylation is 2. The van der Waals surface area contributed by atoms with Gasteiger partial charge in [-0.1, -0.05) is 0 Å². The Bertz CT molecular complexity index is 1070. The number of carbonyl (C=O) groups excluding carboxylic acids is 1. The van der Waals surface area contributed by atoms with Gasteiger partial charge in [0.1, 0.15) is 5.82 Å². The number of nitrogen functional groups attached to an aromatic ring is 1. The number of pyridine rings is 1. The van der Waals surface area contributed by atoms with Crippen molar-refractivity contribution in [3.05, 3.63) is 69.8 Å². The van der Waals surface area contributed by atoms with Crippen LogP contribution in [-0.2, 0) is 6.54 Å². The van der Waals surface area contributed by atoms with Crippen LogP contribution in [0, 0.1) is 12.7 Å². The molecule has 0 aliphatic heterocycles. The van der Waals surface area contributed by atoms with Gasteiger partial charge in [-0.05, 0) is 55.8 Å². The molecule has 1 aromatic heterocycles. The second-order valence-electron chi connectivity index (χ2n) is 6.21. The molecule has 0 atom stereocenters. The van der Waals surface area contributed by atoms with Crippen molar-refractivity contribution in [1.29, 1.82) is 0 Å². The number of rotatable bonds is 3. The molecule has 3 aromatic rings. The summed E-state index contributed by atoms with van der Waals surface area (Å²) in [5, 5.41) is 0.899. The largest absolute Gasteiger partial charge is 0.398 e. The van der Waals surface area contributed by atoms with E-state index in [2.05, 4.69) is 0 Å². The third kappa shape index (κ3) is 2.94. The average molecular weight is 353 g/mol. The number of benzene rings is 2. The van der Waals surface area contributed by atoms with Crippen molar-refractivity contribution >= 4 is 28.2 Å². The maximum Gasteiger partial charge on any atom is 0.260 e. The quantitative estimate of drug-likeness (QED) is 0.735. The topological polar surface area (TPSA) is 68.3 Å². The number of fused-ring (bicyclic) bond motifs is 1. The number of nitrogens with zero attached hydrogens (tertiary/aromatic N) is 2. The van der Waals surface area contributed by atoms with Gasteiger partial charge in [-0.2, -0.15) is 0 Å². The summed E-state index contributed by atoms with van der Waals surface area (Å²) in [7, 11) is 1.64. The molecule has 0 fully saturated rings. The molecule has 0 saturated carbocycles. The second kappa shape index (κ2) is 6.63. The molecule has 2 aromatic carbocycles. The summed E-state index contributed by atoms with van der Waals surface area (Å²) in [6.45, 7) is 4.35. The first kappa shape index (κ1) is 17.7. The summed E-state index contributed by atoms with van der Waals surface area (Å²) in [4.78, 5) is 26.3. The lowest BCUT2D eigenvalue weighted by atomic mass is 10.1. The number of amides is 1. The van der Waals surface area contributed by atoms with E-state index >= 15 is 0 Å². The zero-order chi connectivity index (χ0) is 19.0. The highest BCUT2D eigenvalue weighted by atomic mass is 19.1. The van der Waals surface area contributed by atoms with Gasteiger partial charge in [0.25, 0.3) is 11.5 Å². The highest BCUT2D eigenvalue weighted by molar-refractivity contribution is 6.09. The standard InChI is InChI=1S/C20H20FN3O2/c1-4-24-18-8-6-14(11-16(18)12(2)9-19(24)25)23(3)20(26)15-7-5-13(21)10-17(15)22/h5-11H,4,22H2,1-3H3. The fourth-order valence-corrected chi connectivity index (χ4v) is 3.10. The lowest BCUT2D eigenvalue weighted by molar-refractivity contribution is 0.0994. The van der Waals surface area contributed by atoms with Crippen molar-refractivity contribution in [3.63, 3.8) is 0 Å². The van der Waals surface area contributed by atoms with Crippen molar-refractivity contribution in [2.75, 3.05) is 17.7 Å². The number of nitrogens with two attached hydrogens (primary N) is 1. The monoisotopic (exact) mass is 353 g/mol. The van der Waals surface area contributed by atoms with Gasteiger partial charge in [0.15, 0.2) is 0 Å². The fraction of sp³-hybridized carbons (Fsp3) is 0.200. The van der Waals surface area contributed by atoms with E-state index in [1.54, 1.807) is 23.7 Å². The molecule has 0 unspecified atom stereocenters. The Morgan fingerprint density at radius 2 is 1.92 bits per heavy atom.